The number of ether oxygens (including phenoxy) is 1. The van der Waals surface area contributed by atoms with Crippen LogP contribution in [0, 0.1) is 21.3 Å². The van der Waals surface area contributed by atoms with Gasteiger partial charge in [-0.3, -0.25) is 29.0 Å². The number of alkyl halides is 2. The molecule has 2 heterocycles. The molecule has 0 radical (unpaired) electrons. The second-order valence-electron chi connectivity index (χ2n) is 10.9. The molecule has 41 heavy (non-hydrogen) atoms. The summed E-state index contributed by atoms with van der Waals surface area (Å²) >= 11 is 16.4. The van der Waals surface area contributed by atoms with Crippen molar-refractivity contribution in [1.82, 2.24) is 4.90 Å². The van der Waals surface area contributed by atoms with Gasteiger partial charge < -0.3 is 9.84 Å². The van der Waals surface area contributed by atoms with Gasteiger partial charge in [0.1, 0.15) is 0 Å². The van der Waals surface area contributed by atoms with Crippen molar-refractivity contribution in [1.29, 1.82) is 0 Å². The fourth-order valence-corrected chi connectivity index (χ4v) is 8.69. The van der Waals surface area contributed by atoms with Gasteiger partial charge in [0.05, 0.1) is 28.2 Å². The zero-order valence-corrected chi connectivity index (χ0v) is 25.7. The highest BCUT2D eigenvalue weighted by Gasteiger charge is 2.76. The number of aromatic hydroxyl groups is 1. The summed E-state index contributed by atoms with van der Waals surface area (Å²) in [5, 5.41) is 10.5. The minimum atomic E-state index is -1.91. The molecule has 4 aliphatic rings. The Hall–Kier alpha value is -2.89. The predicted octanol–water partition coefficient (Wildman–Crippen LogP) is 4.84. The largest absolute Gasteiger partial charge is 0.504 e. The minimum Gasteiger partial charge on any atom is -0.504 e. The molecule has 0 bridgehead atoms. The fraction of sp³-hybridized carbons (Fsp3) is 0.333. The predicted molar refractivity (Wildman–Crippen MR) is 162 cm³/mol. The van der Waals surface area contributed by atoms with Gasteiger partial charge in [-0.1, -0.05) is 36.4 Å². The van der Waals surface area contributed by atoms with Crippen LogP contribution in [-0.2, 0) is 19.2 Å². The number of halogens is 3. The van der Waals surface area contributed by atoms with Crippen LogP contribution in [0.1, 0.15) is 29.9 Å². The Morgan fingerprint density at radius 2 is 1.76 bits per heavy atom. The first-order valence-corrected chi connectivity index (χ1v) is 14.8. The van der Waals surface area contributed by atoms with Crippen LogP contribution in [0.25, 0.3) is 6.08 Å². The summed E-state index contributed by atoms with van der Waals surface area (Å²) in [4.78, 5) is 53.4. The van der Waals surface area contributed by atoms with Crippen molar-refractivity contribution in [3.05, 3.63) is 69.3 Å². The van der Waals surface area contributed by atoms with Crippen LogP contribution >= 0.6 is 45.8 Å². The van der Waals surface area contributed by atoms with Crippen molar-refractivity contribution < 1.29 is 29.0 Å². The van der Waals surface area contributed by atoms with Crippen molar-refractivity contribution in [2.45, 2.75) is 28.5 Å². The molecular weight excluding hydrogens is 682 g/mol. The lowest BCUT2D eigenvalue weighted by atomic mass is 9.56. The molecule has 6 rings (SSSR count). The summed E-state index contributed by atoms with van der Waals surface area (Å²) in [5.41, 5.74) is 2.47. The molecule has 2 aromatic rings. The number of methoxy groups -OCH3 is 1. The van der Waals surface area contributed by atoms with E-state index in [1.807, 2.05) is 28.7 Å². The van der Waals surface area contributed by atoms with E-state index in [0.717, 1.165) is 10.5 Å². The highest BCUT2D eigenvalue weighted by molar-refractivity contribution is 14.1. The van der Waals surface area contributed by atoms with Crippen molar-refractivity contribution in [2.75, 3.05) is 19.1 Å². The van der Waals surface area contributed by atoms with E-state index in [2.05, 4.69) is 6.58 Å². The number of likely N-dealkylation sites (tertiary alicyclic amines) is 1. The molecule has 3 fully saturated rings. The first-order valence-electron chi connectivity index (χ1n) is 13.0. The number of amides is 4. The highest BCUT2D eigenvalue weighted by atomic mass is 127. The Labute approximate surface area is 260 Å². The summed E-state index contributed by atoms with van der Waals surface area (Å²) in [6.07, 6.45) is 3.70. The normalized spacial score (nSPS) is 32.5. The number of anilines is 1. The SMILES string of the molecule is C=Cc1ccc(N2C(=O)C3CC=C4C(CC5(Cl)C(=O)N(C)C(=O)C5(Cl)C4c4cc(I)c(O)c(OC)c4)C3C2=O)cc1. The summed E-state index contributed by atoms with van der Waals surface area (Å²) in [5.74, 6) is -4.95. The van der Waals surface area contributed by atoms with Crippen LogP contribution in [0.3, 0.4) is 0 Å². The number of rotatable bonds is 4. The quantitative estimate of drug-likeness (QED) is 0.211. The van der Waals surface area contributed by atoms with E-state index in [0.29, 0.717) is 20.4 Å². The molecule has 4 amide bonds. The Balaban J connectivity index is 1.52. The molecule has 2 aliphatic carbocycles. The van der Waals surface area contributed by atoms with E-state index in [9.17, 15) is 24.3 Å². The maximum absolute atomic E-state index is 14.1. The van der Waals surface area contributed by atoms with Crippen LogP contribution in [0.15, 0.2) is 54.6 Å². The molecule has 0 aromatic heterocycles. The Bertz CT molecular complexity index is 1590. The maximum atomic E-state index is 14.1. The summed E-state index contributed by atoms with van der Waals surface area (Å²) < 4.78 is 5.83. The number of phenols is 1. The highest BCUT2D eigenvalue weighted by Crippen LogP contribution is 2.65. The average Bonchev–Trinajstić information content (AvgIpc) is 3.29. The molecule has 1 N–H and O–H groups in total. The van der Waals surface area contributed by atoms with Crippen LogP contribution in [0.5, 0.6) is 11.5 Å². The smallest absolute Gasteiger partial charge is 0.253 e. The lowest BCUT2D eigenvalue weighted by Gasteiger charge is -2.50. The molecule has 0 spiro atoms. The van der Waals surface area contributed by atoms with Crippen LogP contribution in [-0.4, -0.2) is 57.5 Å². The number of hydrogen-bond acceptors (Lipinski definition) is 6. The number of benzene rings is 2. The van der Waals surface area contributed by atoms with Gasteiger partial charge in [-0.25, -0.2) is 0 Å². The van der Waals surface area contributed by atoms with E-state index in [4.69, 9.17) is 27.9 Å². The van der Waals surface area contributed by atoms with E-state index in [1.54, 1.807) is 42.5 Å². The third-order valence-corrected chi connectivity index (χ3v) is 11.2. The van der Waals surface area contributed by atoms with E-state index < -0.39 is 45.2 Å². The molecule has 11 heteroatoms. The third-order valence-electron chi connectivity index (χ3n) is 9.01. The maximum Gasteiger partial charge on any atom is 0.253 e. The van der Waals surface area contributed by atoms with Gasteiger partial charge in [0.15, 0.2) is 21.2 Å². The van der Waals surface area contributed by atoms with Gasteiger partial charge >= 0.3 is 0 Å². The molecule has 2 saturated heterocycles. The number of allylic oxidation sites excluding steroid dienone is 2. The number of hydrogen-bond donors (Lipinski definition) is 1. The zero-order valence-electron chi connectivity index (χ0n) is 22.1. The molecule has 2 aromatic carbocycles. The van der Waals surface area contributed by atoms with Crippen LogP contribution in [0.2, 0.25) is 0 Å². The third kappa shape index (κ3) is 3.64. The molecule has 8 nitrogen and oxygen atoms in total. The molecule has 212 valence electrons. The average molecular weight is 707 g/mol. The fourth-order valence-electron chi connectivity index (χ4n) is 7.05. The topological polar surface area (TPSA) is 104 Å². The number of fused-ring (bicyclic) bond motifs is 4. The van der Waals surface area contributed by atoms with Gasteiger partial charge in [0.25, 0.3) is 11.8 Å². The van der Waals surface area contributed by atoms with Crippen molar-refractivity contribution in [3.8, 4) is 11.5 Å². The van der Waals surface area contributed by atoms with Gasteiger partial charge in [-0.2, -0.15) is 0 Å². The summed E-state index contributed by atoms with van der Waals surface area (Å²) in [6.45, 7) is 3.75. The molecule has 6 atom stereocenters. The lowest BCUT2D eigenvalue weighted by molar-refractivity contribution is -0.138. The minimum absolute atomic E-state index is 0.0803. The van der Waals surface area contributed by atoms with Gasteiger partial charge in [0.2, 0.25) is 11.8 Å². The Kier molecular flexibility index (Phi) is 6.59. The summed E-state index contributed by atoms with van der Waals surface area (Å²) in [6, 6.07) is 10.2. The number of nitrogens with zero attached hydrogens (tertiary/aromatic N) is 2. The van der Waals surface area contributed by atoms with Crippen LogP contribution in [0.4, 0.5) is 5.69 Å². The summed E-state index contributed by atoms with van der Waals surface area (Å²) in [7, 11) is 2.75. The van der Waals surface area contributed by atoms with E-state index in [1.165, 1.54) is 19.1 Å². The standard InChI is InChI=1S/C30H25Cl2IN2O6/c1-4-14-5-7-16(8-6-14)35-25(37)18-10-9-17-19(22(18)26(35)38)13-29(31)27(39)34(2)28(40)30(29,32)23(17)15-11-20(33)24(36)21(12-15)41-3/h4-9,11-12,18-19,22-23,36H,1,10,13H2,2-3H3. The number of imide groups is 2. The van der Waals surface area contributed by atoms with E-state index in [-0.39, 0.29) is 36.2 Å². The Morgan fingerprint density at radius 3 is 2.39 bits per heavy atom. The van der Waals surface area contributed by atoms with Gasteiger partial charge in [0, 0.05) is 13.0 Å². The van der Waals surface area contributed by atoms with Crippen LogP contribution < -0.4 is 9.64 Å². The molecule has 6 unspecified atom stereocenters. The molecule has 1 saturated carbocycles. The lowest BCUT2D eigenvalue weighted by Crippen LogP contribution is -2.60. The van der Waals surface area contributed by atoms with Gasteiger partial charge in [-0.05, 0) is 76.7 Å². The monoisotopic (exact) mass is 706 g/mol. The molecule has 2 aliphatic heterocycles. The van der Waals surface area contributed by atoms with E-state index >= 15 is 0 Å². The second-order valence-corrected chi connectivity index (χ2v) is 13.3. The van der Waals surface area contributed by atoms with Crippen molar-refractivity contribution >= 4 is 81.2 Å². The second kappa shape index (κ2) is 9.57. The Morgan fingerprint density at radius 1 is 1.07 bits per heavy atom. The zero-order chi connectivity index (χ0) is 29.6. The number of carbonyl (C=O) groups is 4. The van der Waals surface area contributed by atoms with Crippen molar-refractivity contribution in [2.24, 2.45) is 17.8 Å². The molecular formula is C30H25Cl2IN2O6. The number of phenolic OH excluding ortho intramolecular Hbond substituents is 1. The number of carbonyl (C=O) groups excluding carboxylic acids is 4. The van der Waals surface area contributed by atoms with Gasteiger partial charge in [-0.15, -0.1) is 23.2 Å². The first kappa shape index (κ1) is 28.2. The van der Waals surface area contributed by atoms with Crippen molar-refractivity contribution in [3.63, 3.8) is 0 Å². The first-order chi connectivity index (χ1) is 19.4.